The van der Waals surface area contributed by atoms with E-state index in [1.165, 1.54) is 19.1 Å². The van der Waals surface area contributed by atoms with Crippen molar-refractivity contribution >= 4 is 33.0 Å². The van der Waals surface area contributed by atoms with Gasteiger partial charge in [-0.25, -0.2) is 8.42 Å². The summed E-state index contributed by atoms with van der Waals surface area (Å²) in [4.78, 5) is 0.205. The number of para-hydroxylation sites is 1. The first-order valence-electron chi connectivity index (χ1n) is 6.31. The molecule has 0 saturated heterocycles. The second kappa shape index (κ2) is 5.63. The van der Waals surface area contributed by atoms with E-state index in [1.807, 2.05) is 17.8 Å². The number of benzene rings is 1. The number of sulfone groups is 1. The first kappa shape index (κ1) is 14.5. The van der Waals surface area contributed by atoms with Crippen LogP contribution in [0.4, 0.5) is 11.4 Å². The zero-order valence-electron chi connectivity index (χ0n) is 11.2. The molecule has 3 N–H and O–H groups in total. The maximum absolute atomic E-state index is 11.7. The van der Waals surface area contributed by atoms with Crippen LogP contribution in [0.3, 0.4) is 0 Å². The van der Waals surface area contributed by atoms with E-state index >= 15 is 0 Å². The third kappa shape index (κ3) is 3.17. The first-order chi connectivity index (χ1) is 8.93. The van der Waals surface area contributed by atoms with Crippen LogP contribution in [-0.4, -0.2) is 32.2 Å². The van der Waals surface area contributed by atoms with Crippen molar-refractivity contribution < 1.29 is 8.42 Å². The first-order valence-corrected chi connectivity index (χ1v) is 9.49. The Kier molecular flexibility index (Phi) is 4.30. The van der Waals surface area contributed by atoms with E-state index in [0.717, 1.165) is 12.1 Å². The molecule has 1 aromatic rings. The second-order valence-corrected chi connectivity index (χ2v) is 8.01. The number of nitrogen functional groups attached to an aromatic ring is 1. The predicted octanol–water partition coefficient (Wildman–Crippen LogP) is 2.37. The number of rotatable bonds is 4. The topological polar surface area (TPSA) is 72.2 Å². The number of thioether (sulfide) groups is 1. The van der Waals surface area contributed by atoms with Crippen LogP contribution in [0.15, 0.2) is 23.1 Å². The molecule has 0 amide bonds. The quantitative estimate of drug-likeness (QED) is 0.835. The van der Waals surface area contributed by atoms with Gasteiger partial charge in [0.1, 0.15) is 0 Å². The SMILES string of the molecule is CSC1CCCC1Nc1cccc(S(C)(=O)=O)c1N. The molecule has 0 radical (unpaired) electrons. The van der Waals surface area contributed by atoms with E-state index in [0.29, 0.717) is 17.0 Å². The molecule has 2 rings (SSSR count). The zero-order chi connectivity index (χ0) is 14.0. The van der Waals surface area contributed by atoms with Crippen molar-refractivity contribution in [3.05, 3.63) is 18.2 Å². The summed E-state index contributed by atoms with van der Waals surface area (Å²) in [6.45, 7) is 0. The monoisotopic (exact) mass is 300 g/mol. The lowest BCUT2D eigenvalue weighted by Gasteiger charge is -2.22. The van der Waals surface area contributed by atoms with Crippen LogP contribution in [-0.2, 0) is 9.84 Å². The molecule has 0 aromatic heterocycles. The lowest BCUT2D eigenvalue weighted by molar-refractivity contribution is 0.602. The number of anilines is 2. The fourth-order valence-electron chi connectivity index (χ4n) is 2.57. The molecular formula is C13H20N2O2S2. The van der Waals surface area contributed by atoms with Crippen molar-refractivity contribution in [1.82, 2.24) is 0 Å². The van der Waals surface area contributed by atoms with Gasteiger partial charge in [-0.1, -0.05) is 12.5 Å². The molecule has 1 fully saturated rings. The molecule has 0 aliphatic heterocycles. The maximum atomic E-state index is 11.7. The molecule has 19 heavy (non-hydrogen) atoms. The molecule has 1 aromatic carbocycles. The molecule has 6 heteroatoms. The second-order valence-electron chi connectivity index (χ2n) is 4.95. The Morgan fingerprint density at radius 1 is 1.37 bits per heavy atom. The van der Waals surface area contributed by atoms with Gasteiger partial charge in [0.2, 0.25) is 0 Å². The van der Waals surface area contributed by atoms with Gasteiger partial charge in [0.05, 0.1) is 16.3 Å². The summed E-state index contributed by atoms with van der Waals surface area (Å²) >= 11 is 1.85. The Bertz CT molecular complexity index is 558. The van der Waals surface area contributed by atoms with Gasteiger partial charge >= 0.3 is 0 Å². The Hall–Kier alpha value is -0.880. The van der Waals surface area contributed by atoms with Crippen LogP contribution >= 0.6 is 11.8 Å². The minimum absolute atomic E-state index is 0.205. The summed E-state index contributed by atoms with van der Waals surface area (Å²) in [7, 11) is -3.28. The third-order valence-corrected chi connectivity index (χ3v) is 5.89. The van der Waals surface area contributed by atoms with Crippen LogP contribution < -0.4 is 11.1 Å². The Morgan fingerprint density at radius 3 is 2.74 bits per heavy atom. The Labute approximate surface area is 119 Å². The molecule has 0 bridgehead atoms. The van der Waals surface area contributed by atoms with Crippen molar-refractivity contribution in [3.8, 4) is 0 Å². The van der Waals surface area contributed by atoms with Gasteiger partial charge in [0.15, 0.2) is 9.84 Å². The molecular weight excluding hydrogens is 280 g/mol. The van der Waals surface area contributed by atoms with E-state index < -0.39 is 9.84 Å². The fraction of sp³-hybridized carbons (Fsp3) is 0.538. The lowest BCUT2D eigenvalue weighted by Crippen LogP contribution is -2.26. The van der Waals surface area contributed by atoms with E-state index in [1.54, 1.807) is 12.1 Å². The minimum atomic E-state index is -3.28. The van der Waals surface area contributed by atoms with Gasteiger partial charge in [0.25, 0.3) is 0 Å². The molecule has 1 saturated carbocycles. The molecule has 0 spiro atoms. The number of nitrogens with one attached hydrogen (secondary N) is 1. The minimum Gasteiger partial charge on any atom is -0.396 e. The van der Waals surface area contributed by atoms with Crippen molar-refractivity contribution in [2.45, 2.75) is 35.4 Å². The van der Waals surface area contributed by atoms with E-state index in [4.69, 9.17) is 5.73 Å². The summed E-state index contributed by atoms with van der Waals surface area (Å²) in [6, 6.07) is 5.50. The predicted molar refractivity (Wildman–Crippen MR) is 82.5 cm³/mol. The smallest absolute Gasteiger partial charge is 0.177 e. The third-order valence-electron chi connectivity index (χ3n) is 3.56. The molecule has 1 aliphatic carbocycles. The fourth-order valence-corrected chi connectivity index (χ4v) is 4.34. The van der Waals surface area contributed by atoms with Gasteiger partial charge in [-0.2, -0.15) is 11.8 Å². The average molecular weight is 300 g/mol. The number of nitrogens with two attached hydrogens (primary N) is 1. The number of hydrogen-bond donors (Lipinski definition) is 2. The van der Waals surface area contributed by atoms with Gasteiger partial charge < -0.3 is 11.1 Å². The summed E-state index contributed by atoms with van der Waals surface area (Å²) in [5, 5.41) is 3.98. The number of hydrogen-bond acceptors (Lipinski definition) is 5. The van der Waals surface area contributed by atoms with Crippen molar-refractivity contribution in [2.75, 3.05) is 23.6 Å². The molecule has 0 heterocycles. The van der Waals surface area contributed by atoms with Crippen LogP contribution in [0.5, 0.6) is 0 Å². The van der Waals surface area contributed by atoms with Crippen LogP contribution in [0.1, 0.15) is 19.3 Å². The van der Waals surface area contributed by atoms with Crippen LogP contribution in [0, 0.1) is 0 Å². The van der Waals surface area contributed by atoms with Crippen molar-refractivity contribution in [1.29, 1.82) is 0 Å². The van der Waals surface area contributed by atoms with Crippen LogP contribution in [0.2, 0.25) is 0 Å². The van der Waals surface area contributed by atoms with E-state index in [-0.39, 0.29) is 4.90 Å². The maximum Gasteiger partial charge on any atom is 0.177 e. The highest BCUT2D eigenvalue weighted by atomic mass is 32.2. The van der Waals surface area contributed by atoms with Gasteiger partial charge in [-0.05, 0) is 31.2 Å². The summed E-state index contributed by atoms with van der Waals surface area (Å²) in [6.07, 6.45) is 6.80. The standard InChI is InChI=1S/C13H20N2O2S2/c1-18-11-7-3-5-9(11)15-10-6-4-8-12(13(10)14)19(2,16)17/h4,6,8-9,11,15H,3,5,7,14H2,1-2H3. The summed E-state index contributed by atoms with van der Waals surface area (Å²) in [5.41, 5.74) is 7.05. The van der Waals surface area contributed by atoms with E-state index in [9.17, 15) is 8.42 Å². The highest BCUT2D eigenvalue weighted by Gasteiger charge is 2.27. The summed E-state index contributed by atoms with van der Waals surface area (Å²) in [5.74, 6) is 0. The normalized spacial score (nSPS) is 23.5. The van der Waals surface area contributed by atoms with Crippen LogP contribution in [0.25, 0.3) is 0 Å². The van der Waals surface area contributed by atoms with Gasteiger partial charge in [-0.15, -0.1) is 0 Å². The van der Waals surface area contributed by atoms with Crippen molar-refractivity contribution in [3.63, 3.8) is 0 Å². The van der Waals surface area contributed by atoms with Gasteiger partial charge in [-0.3, -0.25) is 0 Å². The largest absolute Gasteiger partial charge is 0.396 e. The summed E-state index contributed by atoms with van der Waals surface area (Å²) < 4.78 is 23.3. The molecule has 2 atom stereocenters. The molecule has 2 unspecified atom stereocenters. The Balaban J connectivity index is 2.27. The highest BCUT2D eigenvalue weighted by Crippen LogP contribution is 2.33. The Morgan fingerprint density at radius 2 is 2.11 bits per heavy atom. The zero-order valence-corrected chi connectivity index (χ0v) is 12.9. The van der Waals surface area contributed by atoms with Crippen molar-refractivity contribution in [2.24, 2.45) is 0 Å². The molecule has 1 aliphatic rings. The van der Waals surface area contributed by atoms with E-state index in [2.05, 4.69) is 11.6 Å². The van der Waals surface area contributed by atoms with Gasteiger partial charge in [0, 0.05) is 17.5 Å². The average Bonchev–Trinajstić information content (AvgIpc) is 2.77. The lowest BCUT2D eigenvalue weighted by atomic mass is 10.2. The highest BCUT2D eigenvalue weighted by molar-refractivity contribution is 7.99. The molecule has 106 valence electrons. The molecule has 4 nitrogen and oxygen atoms in total.